The number of nitrogens with one attached hydrogen (secondary N) is 1. The molecule has 96 valence electrons. The molecular formula is C12H17F2NO2. The topological polar surface area (TPSA) is 41.5 Å². The van der Waals surface area contributed by atoms with Gasteiger partial charge in [-0.1, -0.05) is 0 Å². The number of ether oxygens (including phenoxy) is 1. The SMILES string of the molecule is COCCCNCC(O)c1cc(F)ccc1F. The lowest BCUT2D eigenvalue weighted by molar-refractivity contribution is 0.164. The van der Waals surface area contributed by atoms with Crippen LogP contribution >= 0.6 is 0 Å². The predicted molar refractivity (Wildman–Crippen MR) is 60.7 cm³/mol. The maximum absolute atomic E-state index is 13.3. The van der Waals surface area contributed by atoms with Crippen LogP contribution in [0.4, 0.5) is 8.78 Å². The molecule has 0 aliphatic heterocycles. The summed E-state index contributed by atoms with van der Waals surface area (Å²) in [7, 11) is 1.61. The van der Waals surface area contributed by atoms with Gasteiger partial charge in [0.1, 0.15) is 11.6 Å². The fourth-order valence-corrected chi connectivity index (χ4v) is 1.46. The average Bonchev–Trinajstić information content (AvgIpc) is 2.32. The first kappa shape index (κ1) is 14.0. The number of halogens is 2. The molecule has 0 spiro atoms. The summed E-state index contributed by atoms with van der Waals surface area (Å²) in [6, 6.07) is 3.05. The van der Waals surface area contributed by atoms with Crippen LogP contribution in [-0.2, 0) is 4.74 Å². The van der Waals surface area contributed by atoms with E-state index in [1.807, 2.05) is 0 Å². The molecule has 1 aromatic carbocycles. The van der Waals surface area contributed by atoms with Crippen molar-refractivity contribution < 1.29 is 18.6 Å². The first-order valence-corrected chi connectivity index (χ1v) is 5.48. The molecule has 2 N–H and O–H groups in total. The van der Waals surface area contributed by atoms with E-state index in [0.29, 0.717) is 13.2 Å². The Morgan fingerprint density at radius 1 is 1.41 bits per heavy atom. The van der Waals surface area contributed by atoms with E-state index in [2.05, 4.69) is 5.32 Å². The van der Waals surface area contributed by atoms with Crippen molar-refractivity contribution in [2.24, 2.45) is 0 Å². The Bertz CT molecular complexity index is 347. The second kappa shape index (κ2) is 7.32. The van der Waals surface area contributed by atoms with E-state index in [1.54, 1.807) is 7.11 Å². The summed E-state index contributed by atoms with van der Waals surface area (Å²) < 4.78 is 31.0. The molecule has 1 rings (SSSR count). The molecule has 1 atom stereocenters. The molecule has 0 bridgehead atoms. The molecule has 5 heteroatoms. The monoisotopic (exact) mass is 245 g/mol. The minimum absolute atomic E-state index is 0.0239. The van der Waals surface area contributed by atoms with Gasteiger partial charge in [-0.25, -0.2) is 8.78 Å². The highest BCUT2D eigenvalue weighted by Crippen LogP contribution is 2.17. The lowest BCUT2D eigenvalue weighted by Crippen LogP contribution is -2.23. The Hall–Kier alpha value is -1.04. The Labute approximate surface area is 99.4 Å². The zero-order chi connectivity index (χ0) is 12.7. The minimum atomic E-state index is -1.05. The van der Waals surface area contributed by atoms with Gasteiger partial charge in [-0.3, -0.25) is 0 Å². The molecule has 0 saturated heterocycles. The predicted octanol–water partition coefficient (Wildman–Crippen LogP) is 1.62. The number of benzene rings is 1. The van der Waals surface area contributed by atoms with Gasteiger partial charge in [0.2, 0.25) is 0 Å². The lowest BCUT2D eigenvalue weighted by atomic mass is 10.1. The van der Waals surface area contributed by atoms with Gasteiger partial charge in [0, 0.05) is 25.8 Å². The van der Waals surface area contributed by atoms with Gasteiger partial charge in [-0.2, -0.15) is 0 Å². The quantitative estimate of drug-likeness (QED) is 0.717. The van der Waals surface area contributed by atoms with Crippen molar-refractivity contribution in [3.8, 4) is 0 Å². The van der Waals surface area contributed by atoms with Gasteiger partial charge < -0.3 is 15.2 Å². The van der Waals surface area contributed by atoms with E-state index in [-0.39, 0.29) is 12.1 Å². The van der Waals surface area contributed by atoms with E-state index in [4.69, 9.17) is 4.74 Å². The summed E-state index contributed by atoms with van der Waals surface area (Å²) >= 11 is 0. The number of aliphatic hydroxyl groups excluding tert-OH is 1. The highest BCUT2D eigenvalue weighted by Gasteiger charge is 2.13. The third kappa shape index (κ3) is 4.77. The maximum atomic E-state index is 13.3. The lowest BCUT2D eigenvalue weighted by Gasteiger charge is -2.13. The van der Waals surface area contributed by atoms with Gasteiger partial charge in [0.05, 0.1) is 6.10 Å². The summed E-state index contributed by atoms with van der Waals surface area (Å²) in [6.07, 6.45) is -0.247. The zero-order valence-corrected chi connectivity index (χ0v) is 9.75. The van der Waals surface area contributed by atoms with Crippen molar-refractivity contribution in [3.63, 3.8) is 0 Å². The highest BCUT2D eigenvalue weighted by atomic mass is 19.1. The first-order valence-electron chi connectivity index (χ1n) is 5.48. The Kier molecular flexibility index (Phi) is 6.04. The van der Waals surface area contributed by atoms with Crippen molar-refractivity contribution in [3.05, 3.63) is 35.4 Å². The molecule has 3 nitrogen and oxygen atoms in total. The van der Waals surface area contributed by atoms with E-state index >= 15 is 0 Å². The van der Waals surface area contributed by atoms with Crippen molar-refractivity contribution in [1.82, 2.24) is 5.32 Å². The van der Waals surface area contributed by atoms with Crippen molar-refractivity contribution >= 4 is 0 Å². The number of rotatable bonds is 7. The van der Waals surface area contributed by atoms with Crippen LogP contribution in [0, 0.1) is 11.6 Å². The fraction of sp³-hybridized carbons (Fsp3) is 0.500. The van der Waals surface area contributed by atoms with E-state index in [0.717, 1.165) is 24.6 Å². The van der Waals surface area contributed by atoms with Crippen molar-refractivity contribution in [2.75, 3.05) is 26.8 Å². The Morgan fingerprint density at radius 2 is 2.18 bits per heavy atom. The molecule has 17 heavy (non-hydrogen) atoms. The Balaban J connectivity index is 2.41. The molecule has 1 aromatic rings. The Morgan fingerprint density at radius 3 is 2.88 bits per heavy atom. The third-order valence-corrected chi connectivity index (χ3v) is 2.36. The van der Waals surface area contributed by atoms with Crippen LogP contribution in [0.15, 0.2) is 18.2 Å². The molecule has 0 aliphatic rings. The molecule has 0 saturated carbocycles. The minimum Gasteiger partial charge on any atom is -0.387 e. The molecule has 0 fully saturated rings. The highest BCUT2D eigenvalue weighted by molar-refractivity contribution is 5.21. The third-order valence-electron chi connectivity index (χ3n) is 2.36. The molecular weight excluding hydrogens is 228 g/mol. The zero-order valence-electron chi connectivity index (χ0n) is 9.75. The molecule has 0 amide bonds. The van der Waals surface area contributed by atoms with Crippen LogP contribution in [0.5, 0.6) is 0 Å². The number of hydrogen-bond donors (Lipinski definition) is 2. The summed E-state index contributed by atoms with van der Waals surface area (Å²) in [5, 5.41) is 12.6. The largest absolute Gasteiger partial charge is 0.387 e. The van der Waals surface area contributed by atoms with E-state index in [1.165, 1.54) is 0 Å². The van der Waals surface area contributed by atoms with E-state index in [9.17, 15) is 13.9 Å². The van der Waals surface area contributed by atoms with Crippen LogP contribution in [0.25, 0.3) is 0 Å². The second-order valence-electron chi connectivity index (χ2n) is 3.73. The molecule has 0 aromatic heterocycles. The van der Waals surface area contributed by atoms with E-state index < -0.39 is 17.7 Å². The molecule has 0 heterocycles. The van der Waals surface area contributed by atoms with Crippen LogP contribution in [0.1, 0.15) is 18.1 Å². The van der Waals surface area contributed by atoms with Crippen LogP contribution in [-0.4, -0.2) is 31.9 Å². The average molecular weight is 245 g/mol. The second-order valence-corrected chi connectivity index (χ2v) is 3.73. The fourth-order valence-electron chi connectivity index (χ4n) is 1.46. The normalized spacial score (nSPS) is 12.7. The molecule has 0 radical (unpaired) electrons. The summed E-state index contributed by atoms with van der Waals surface area (Å²) in [5.74, 6) is -1.16. The summed E-state index contributed by atoms with van der Waals surface area (Å²) in [5.41, 5.74) is -0.0239. The first-order chi connectivity index (χ1) is 8.15. The summed E-state index contributed by atoms with van der Waals surface area (Å²) in [6.45, 7) is 1.46. The van der Waals surface area contributed by atoms with Crippen LogP contribution in [0.3, 0.4) is 0 Å². The van der Waals surface area contributed by atoms with Gasteiger partial charge in [0.15, 0.2) is 0 Å². The maximum Gasteiger partial charge on any atom is 0.129 e. The summed E-state index contributed by atoms with van der Waals surface area (Å²) in [4.78, 5) is 0. The van der Waals surface area contributed by atoms with Gasteiger partial charge in [0.25, 0.3) is 0 Å². The number of hydrogen-bond acceptors (Lipinski definition) is 3. The molecule has 1 unspecified atom stereocenters. The van der Waals surface area contributed by atoms with Gasteiger partial charge >= 0.3 is 0 Å². The number of methoxy groups -OCH3 is 1. The van der Waals surface area contributed by atoms with Crippen LogP contribution < -0.4 is 5.32 Å². The van der Waals surface area contributed by atoms with Crippen molar-refractivity contribution in [2.45, 2.75) is 12.5 Å². The smallest absolute Gasteiger partial charge is 0.129 e. The van der Waals surface area contributed by atoms with Gasteiger partial charge in [-0.05, 0) is 31.2 Å². The number of aliphatic hydroxyl groups is 1. The van der Waals surface area contributed by atoms with Crippen LogP contribution in [0.2, 0.25) is 0 Å². The van der Waals surface area contributed by atoms with Gasteiger partial charge in [-0.15, -0.1) is 0 Å². The molecule has 0 aliphatic carbocycles. The standard InChI is InChI=1S/C12H17F2NO2/c1-17-6-2-5-15-8-12(16)10-7-9(13)3-4-11(10)14/h3-4,7,12,15-16H,2,5-6,8H2,1H3. The van der Waals surface area contributed by atoms with Crippen molar-refractivity contribution in [1.29, 1.82) is 0 Å².